The van der Waals surface area contributed by atoms with Gasteiger partial charge in [-0.2, -0.15) is 0 Å². The highest BCUT2D eigenvalue weighted by molar-refractivity contribution is 7.91. The predicted molar refractivity (Wildman–Crippen MR) is 254 cm³/mol. The summed E-state index contributed by atoms with van der Waals surface area (Å²) >= 11 is 0. The highest BCUT2D eigenvalue weighted by Gasteiger charge is 2.21. The van der Waals surface area contributed by atoms with Crippen LogP contribution < -0.4 is 19.3 Å². The summed E-state index contributed by atoms with van der Waals surface area (Å²) in [5.74, 6) is 2.03. The number of sulfone groups is 1. The van der Waals surface area contributed by atoms with Gasteiger partial charge in [-0.05, 0) is 169 Å². The van der Waals surface area contributed by atoms with Gasteiger partial charge in [0.2, 0.25) is 9.84 Å². The summed E-state index contributed by atoms with van der Waals surface area (Å²) in [6.07, 6.45) is 0.110. The lowest BCUT2D eigenvalue weighted by atomic mass is 9.87. The molecule has 0 amide bonds. The summed E-state index contributed by atoms with van der Waals surface area (Å²) in [6, 6.07) is 67.8. The van der Waals surface area contributed by atoms with Crippen molar-refractivity contribution in [3.05, 3.63) is 212 Å². The van der Waals surface area contributed by atoms with Gasteiger partial charge in [-0.25, -0.2) is 8.42 Å². The second kappa shape index (κ2) is 17.9. The molecule has 0 radical (unpaired) electrons. The molecule has 0 saturated heterocycles. The molecule has 8 aromatic rings. The van der Waals surface area contributed by atoms with Gasteiger partial charge in [0.15, 0.2) is 0 Å². The van der Waals surface area contributed by atoms with Crippen LogP contribution in [-0.2, 0) is 15.3 Å². The largest absolute Gasteiger partial charge is 0.491 e. The van der Waals surface area contributed by atoms with E-state index in [4.69, 9.17) is 9.47 Å². The molecule has 8 rings (SSSR count). The van der Waals surface area contributed by atoms with Crippen LogP contribution in [0.1, 0.15) is 40.2 Å². The Morgan fingerprint density at radius 1 is 0.403 bits per heavy atom. The molecule has 310 valence electrons. The molecule has 0 aliphatic heterocycles. The third kappa shape index (κ3) is 9.44. The van der Waals surface area contributed by atoms with Crippen molar-refractivity contribution in [1.29, 1.82) is 0 Å². The van der Waals surface area contributed by atoms with Gasteiger partial charge in [0.05, 0.1) is 15.9 Å². The van der Waals surface area contributed by atoms with Crippen LogP contribution in [-0.4, -0.2) is 14.5 Å². The number of anilines is 6. The molecule has 6 nitrogen and oxygen atoms in total. The lowest BCUT2D eigenvalue weighted by Crippen LogP contribution is -2.11. The number of hydrogen-bond donors (Lipinski definition) is 0. The van der Waals surface area contributed by atoms with Crippen LogP contribution in [0.2, 0.25) is 0 Å². The first kappa shape index (κ1) is 41.6. The normalized spacial score (nSPS) is 11.6. The van der Waals surface area contributed by atoms with Crippen molar-refractivity contribution in [2.75, 3.05) is 9.80 Å². The van der Waals surface area contributed by atoms with E-state index in [1.54, 1.807) is 36.4 Å². The molecule has 0 fully saturated rings. The molecule has 0 saturated carbocycles. The van der Waals surface area contributed by atoms with Gasteiger partial charge < -0.3 is 19.3 Å². The Morgan fingerprint density at radius 3 is 1.10 bits per heavy atom. The van der Waals surface area contributed by atoms with Crippen LogP contribution in [0.25, 0.3) is 11.1 Å². The van der Waals surface area contributed by atoms with E-state index in [-0.39, 0.29) is 21.3 Å². The third-order valence-corrected chi connectivity index (χ3v) is 12.4. The highest BCUT2D eigenvalue weighted by Crippen LogP contribution is 2.39. The lowest BCUT2D eigenvalue weighted by Gasteiger charge is -2.26. The van der Waals surface area contributed by atoms with Gasteiger partial charge in [0.25, 0.3) is 0 Å². The molecule has 8 aromatic carbocycles. The Kier molecular flexibility index (Phi) is 12.0. The first-order chi connectivity index (χ1) is 29.9. The van der Waals surface area contributed by atoms with E-state index in [0.29, 0.717) is 11.5 Å². The van der Waals surface area contributed by atoms with E-state index in [1.807, 2.05) is 86.6 Å². The lowest BCUT2D eigenvalue weighted by molar-refractivity contribution is 0.242. The standard InChI is InChI=1S/C55H50N2O4S/c1-40(2)60-50-30-26-48(27-31-50)56(44-12-8-6-9-13-44)46-22-16-41(17-23-46)42-18-24-47(25-19-42)57(45-14-10-7-11-15-45)49-28-32-51(33-29-49)61-52-34-38-54(39-35-52)62(58,59)53-36-20-43(21-37-53)55(3,4)5/h6-40H,1-5H3. The second-order valence-electron chi connectivity index (χ2n) is 16.4. The van der Waals surface area contributed by atoms with E-state index >= 15 is 0 Å². The molecule has 0 unspecified atom stereocenters. The van der Waals surface area contributed by atoms with Crippen molar-refractivity contribution in [1.82, 2.24) is 0 Å². The SMILES string of the molecule is CC(C)Oc1ccc(N(c2ccccc2)c2ccc(-c3ccc(N(c4ccccc4)c4ccc(Oc5ccc(S(=O)(=O)c6ccc(C(C)(C)C)cc6)cc5)cc4)cc3)cc2)cc1. The molecule has 0 atom stereocenters. The minimum atomic E-state index is -3.67. The van der Waals surface area contributed by atoms with Crippen molar-refractivity contribution < 1.29 is 17.9 Å². The second-order valence-corrected chi connectivity index (χ2v) is 18.4. The van der Waals surface area contributed by atoms with E-state index in [9.17, 15) is 8.42 Å². The summed E-state index contributed by atoms with van der Waals surface area (Å²) in [5, 5.41) is 0. The Hall–Kier alpha value is -7.09. The highest BCUT2D eigenvalue weighted by atomic mass is 32.2. The maximum atomic E-state index is 13.4. The summed E-state index contributed by atoms with van der Waals surface area (Å²) in [4.78, 5) is 4.94. The Bertz CT molecular complexity index is 2800. The molecule has 7 heteroatoms. The number of para-hydroxylation sites is 2. The van der Waals surface area contributed by atoms with Crippen LogP contribution in [0, 0.1) is 0 Å². The number of rotatable bonds is 13. The first-order valence-electron chi connectivity index (χ1n) is 20.8. The zero-order valence-corrected chi connectivity index (χ0v) is 36.5. The van der Waals surface area contributed by atoms with Gasteiger partial charge in [-0.1, -0.05) is 93.6 Å². The summed E-state index contributed by atoms with van der Waals surface area (Å²) in [7, 11) is -3.67. The number of hydrogen-bond acceptors (Lipinski definition) is 6. The number of ether oxygens (including phenoxy) is 2. The quantitative estimate of drug-likeness (QED) is 0.115. The van der Waals surface area contributed by atoms with Gasteiger partial charge >= 0.3 is 0 Å². The molecule has 0 N–H and O–H groups in total. The van der Waals surface area contributed by atoms with E-state index in [0.717, 1.165) is 56.6 Å². The maximum absolute atomic E-state index is 13.4. The van der Waals surface area contributed by atoms with Crippen molar-refractivity contribution in [3.8, 4) is 28.4 Å². The average molecular weight is 835 g/mol. The fourth-order valence-corrected chi connectivity index (χ4v) is 8.62. The third-order valence-electron chi connectivity index (χ3n) is 10.6. The van der Waals surface area contributed by atoms with Gasteiger partial charge in [-0.3, -0.25) is 0 Å². The maximum Gasteiger partial charge on any atom is 0.206 e. The molecular weight excluding hydrogens is 785 g/mol. The summed E-state index contributed by atoms with van der Waals surface area (Å²) in [6.45, 7) is 10.4. The first-order valence-corrected chi connectivity index (χ1v) is 22.3. The van der Waals surface area contributed by atoms with E-state index in [2.05, 4.69) is 128 Å². The Morgan fingerprint density at radius 2 is 0.726 bits per heavy atom. The van der Waals surface area contributed by atoms with Crippen molar-refractivity contribution in [2.24, 2.45) is 0 Å². The monoisotopic (exact) mass is 834 g/mol. The van der Waals surface area contributed by atoms with Crippen molar-refractivity contribution in [2.45, 2.75) is 55.9 Å². The number of benzene rings is 8. The van der Waals surface area contributed by atoms with E-state index in [1.165, 1.54) is 0 Å². The molecule has 0 bridgehead atoms. The van der Waals surface area contributed by atoms with Crippen LogP contribution in [0.15, 0.2) is 216 Å². The molecule has 62 heavy (non-hydrogen) atoms. The fraction of sp³-hybridized carbons (Fsp3) is 0.127. The molecular formula is C55H50N2O4S. The zero-order chi connectivity index (χ0) is 43.3. The van der Waals surface area contributed by atoms with Crippen molar-refractivity contribution >= 4 is 44.0 Å². The minimum absolute atomic E-state index is 0.0634. The zero-order valence-electron chi connectivity index (χ0n) is 35.6. The van der Waals surface area contributed by atoms with Crippen LogP contribution in [0.3, 0.4) is 0 Å². The topological polar surface area (TPSA) is 59.1 Å². The van der Waals surface area contributed by atoms with Crippen molar-refractivity contribution in [3.63, 3.8) is 0 Å². The van der Waals surface area contributed by atoms with Crippen LogP contribution in [0.4, 0.5) is 34.1 Å². The smallest absolute Gasteiger partial charge is 0.206 e. The average Bonchev–Trinajstić information content (AvgIpc) is 3.29. The van der Waals surface area contributed by atoms with Gasteiger partial charge in [0.1, 0.15) is 17.2 Å². The van der Waals surface area contributed by atoms with Crippen LogP contribution in [0.5, 0.6) is 17.2 Å². The summed E-state index contributed by atoms with van der Waals surface area (Å²) in [5.41, 5.74) is 9.40. The Labute approximate surface area is 366 Å². The minimum Gasteiger partial charge on any atom is -0.491 e. The molecule has 0 aromatic heterocycles. The molecule has 0 heterocycles. The molecule has 0 spiro atoms. The van der Waals surface area contributed by atoms with Gasteiger partial charge in [-0.15, -0.1) is 0 Å². The van der Waals surface area contributed by atoms with E-state index < -0.39 is 9.84 Å². The molecule has 0 aliphatic carbocycles. The Balaban J connectivity index is 0.990. The fourth-order valence-electron chi connectivity index (χ4n) is 7.36. The van der Waals surface area contributed by atoms with Crippen LogP contribution >= 0.6 is 0 Å². The van der Waals surface area contributed by atoms with Gasteiger partial charge in [0, 0.05) is 34.1 Å². The number of nitrogens with zero attached hydrogens (tertiary/aromatic N) is 2. The predicted octanol–water partition coefficient (Wildman–Crippen LogP) is 15.0. The summed E-state index contributed by atoms with van der Waals surface area (Å²) < 4.78 is 38.9. The molecule has 0 aliphatic rings.